The Morgan fingerprint density at radius 1 is 0.328 bits per heavy atom. The molecule has 0 saturated heterocycles. The van der Waals surface area contributed by atoms with Gasteiger partial charge in [-0.15, -0.1) is 0 Å². The molecule has 2 aromatic heterocycles. The fourth-order valence-electron chi connectivity index (χ4n) is 9.07. The van der Waals surface area contributed by atoms with Crippen LogP contribution in [-0.4, -0.2) is 4.98 Å². The quantitative estimate of drug-likeness (QED) is 0.162. The van der Waals surface area contributed by atoms with Crippen LogP contribution in [0.15, 0.2) is 227 Å². The minimum absolute atomic E-state index is 0.614. The van der Waals surface area contributed by atoms with Crippen LogP contribution in [0.5, 0.6) is 0 Å². The van der Waals surface area contributed by atoms with E-state index in [1.54, 1.807) is 0 Å². The fraction of sp³-hybridized carbons (Fsp3) is 0. The Hall–Kier alpha value is -8.21. The molecule has 61 heavy (non-hydrogen) atoms. The molecule has 0 radical (unpaired) electrons. The van der Waals surface area contributed by atoms with Crippen LogP contribution in [0.1, 0.15) is 0 Å². The van der Waals surface area contributed by atoms with E-state index in [1.807, 2.05) is 24.3 Å². The van der Waals surface area contributed by atoms with Gasteiger partial charge in [-0.2, -0.15) is 0 Å². The van der Waals surface area contributed by atoms with Crippen molar-refractivity contribution in [2.45, 2.75) is 0 Å². The summed E-state index contributed by atoms with van der Waals surface area (Å²) in [6.07, 6.45) is 0. The molecule has 0 fully saturated rings. The van der Waals surface area contributed by atoms with Crippen LogP contribution in [-0.2, 0) is 0 Å². The van der Waals surface area contributed by atoms with Crippen molar-refractivity contribution in [1.29, 1.82) is 0 Å². The Balaban J connectivity index is 1.06. The second-order valence-electron chi connectivity index (χ2n) is 15.4. The van der Waals surface area contributed by atoms with Crippen molar-refractivity contribution in [1.82, 2.24) is 4.98 Å². The minimum atomic E-state index is 0.614. The topological polar surface area (TPSA) is 42.4 Å². The van der Waals surface area contributed by atoms with E-state index < -0.39 is 0 Å². The van der Waals surface area contributed by atoms with Crippen LogP contribution in [0.25, 0.3) is 99.4 Å². The standard InChI is InChI=1S/C57H36N2O2/c1-3-14-37(15-4-1)39-26-30-41(31-27-39)59(42-32-28-40(29-33-42)38-16-5-2-6-17-38)51-36-54-56(48-21-10-9-20-46(48)51)55-47(22-13-25-53(55)60-54)45-34-35-49(44-19-8-7-18-43(44)45)57-58-50-23-11-12-24-52(50)61-57/h1-36H. The van der Waals surface area contributed by atoms with Gasteiger partial charge in [0.2, 0.25) is 5.89 Å². The molecular weight excluding hydrogens is 745 g/mol. The highest BCUT2D eigenvalue weighted by atomic mass is 16.3. The molecule has 0 aliphatic heterocycles. The first kappa shape index (κ1) is 34.8. The normalized spacial score (nSPS) is 11.6. The van der Waals surface area contributed by atoms with Gasteiger partial charge in [-0.05, 0) is 98.1 Å². The first-order chi connectivity index (χ1) is 30.2. The summed E-state index contributed by atoms with van der Waals surface area (Å²) in [4.78, 5) is 7.23. The summed E-state index contributed by atoms with van der Waals surface area (Å²) < 4.78 is 13.2. The molecule has 286 valence electrons. The van der Waals surface area contributed by atoms with Crippen molar-refractivity contribution in [2.75, 3.05) is 4.90 Å². The molecule has 0 bridgehead atoms. The van der Waals surface area contributed by atoms with Crippen LogP contribution in [0.2, 0.25) is 0 Å². The molecule has 0 spiro atoms. The van der Waals surface area contributed by atoms with Gasteiger partial charge in [-0.1, -0.05) is 164 Å². The third-order valence-electron chi connectivity index (χ3n) is 11.9. The van der Waals surface area contributed by atoms with E-state index in [9.17, 15) is 0 Å². The van der Waals surface area contributed by atoms with Gasteiger partial charge >= 0.3 is 0 Å². The highest BCUT2D eigenvalue weighted by Crippen LogP contribution is 2.48. The molecule has 0 atom stereocenters. The van der Waals surface area contributed by atoms with Crippen LogP contribution >= 0.6 is 0 Å². The van der Waals surface area contributed by atoms with Crippen molar-refractivity contribution >= 4 is 71.6 Å². The average molecular weight is 781 g/mol. The van der Waals surface area contributed by atoms with Crippen LogP contribution in [0, 0.1) is 0 Å². The smallest absolute Gasteiger partial charge is 0.227 e. The first-order valence-corrected chi connectivity index (χ1v) is 20.6. The second kappa shape index (κ2) is 14.3. The zero-order valence-corrected chi connectivity index (χ0v) is 33.0. The fourth-order valence-corrected chi connectivity index (χ4v) is 9.07. The van der Waals surface area contributed by atoms with Crippen molar-refractivity contribution in [3.8, 4) is 44.8 Å². The molecule has 0 unspecified atom stereocenters. The summed E-state index contributed by atoms with van der Waals surface area (Å²) in [5.74, 6) is 0.614. The van der Waals surface area contributed by atoms with E-state index in [1.165, 1.54) is 22.3 Å². The lowest BCUT2D eigenvalue weighted by Crippen LogP contribution is -2.10. The average Bonchev–Trinajstić information content (AvgIpc) is 3.95. The Morgan fingerprint density at radius 3 is 1.51 bits per heavy atom. The molecule has 0 aliphatic carbocycles. The number of para-hydroxylation sites is 2. The van der Waals surface area contributed by atoms with Crippen molar-refractivity contribution in [2.24, 2.45) is 0 Å². The summed E-state index contributed by atoms with van der Waals surface area (Å²) in [6, 6.07) is 77.0. The van der Waals surface area contributed by atoms with Gasteiger partial charge in [-0.3, -0.25) is 0 Å². The predicted molar refractivity (Wildman–Crippen MR) is 253 cm³/mol. The third-order valence-corrected chi connectivity index (χ3v) is 11.9. The van der Waals surface area contributed by atoms with E-state index in [-0.39, 0.29) is 0 Å². The van der Waals surface area contributed by atoms with Crippen LogP contribution < -0.4 is 4.90 Å². The second-order valence-corrected chi connectivity index (χ2v) is 15.4. The number of hydrogen-bond acceptors (Lipinski definition) is 4. The number of benzene rings is 10. The van der Waals surface area contributed by atoms with Crippen molar-refractivity contribution < 1.29 is 8.83 Å². The Morgan fingerprint density at radius 2 is 0.852 bits per heavy atom. The van der Waals surface area contributed by atoms with Crippen molar-refractivity contribution in [3.05, 3.63) is 218 Å². The van der Waals surface area contributed by atoms with Gasteiger partial charge in [0.05, 0.1) is 5.69 Å². The van der Waals surface area contributed by atoms with E-state index in [0.29, 0.717) is 5.89 Å². The van der Waals surface area contributed by atoms with Gasteiger partial charge in [0.15, 0.2) is 5.58 Å². The SMILES string of the molecule is c1ccc(-c2ccc(N(c3ccc(-c4ccccc4)cc3)c3cc4oc5cccc(-c6ccc(-c7nc8ccccc8o7)c7ccccc67)c5c4c4ccccc34)cc2)cc1. The Labute approximate surface area is 352 Å². The largest absolute Gasteiger partial charge is 0.456 e. The lowest BCUT2D eigenvalue weighted by Gasteiger charge is -2.27. The summed E-state index contributed by atoms with van der Waals surface area (Å²) in [6.45, 7) is 0. The highest BCUT2D eigenvalue weighted by Gasteiger charge is 2.23. The van der Waals surface area contributed by atoms with Gasteiger partial charge in [0.1, 0.15) is 16.7 Å². The predicted octanol–water partition coefficient (Wildman–Crippen LogP) is 16.2. The third kappa shape index (κ3) is 5.88. The summed E-state index contributed by atoms with van der Waals surface area (Å²) in [5.41, 5.74) is 14.3. The van der Waals surface area contributed by atoms with Gasteiger partial charge in [-0.25, -0.2) is 4.98 Å². The van der Waals surface area contributed by atoms with Gasteiger partial charge < -0.3 is 13.7 Å². The van der Waals surface area contributed by atoms with Gasteiger partial charge in [0.25, 0.3) is 0 Å². The molecule has 4 nitrogen and oxygen atoms in total. The molecule has 12 rings (SSSR count). The number of aromatic nitrogens is 1. The van der Waals surface area contributed by atoms with Crippen molar-refractivity contribution in [3.63, 3.8) is 0 Å². The maximum atomic E-state index is 6.93. The number of furan rings is 1. The molecule has 4 heteroatoms. The zero-order chi connectivity index (χ0) is 40.3. The van der Waals surface area contributed by atoms with Crippen LogP contribution in [0.4, 0.5) is 17.1 Å². The molecule has 2 heterocycles. The number of nitrogens with zero attached hydrogens (tertiary/aromatic N) is 2. The Bertz CT molecular complexity index is 3450. The minimum Gasteiger partial charge on any atom is -0.456 e. The summed E-state index contributed by atoms with van der Waals surface area (Å²) in [7, 11) is 0. The van der Waals surface area contributed by atoms with Gasteiger partial charge in [0, 0.05) is 39.2 Å². The van der Waals surface area contributed by atoms with E-state index in [4.69, 9.17) is 13.8 Å². The summed E-state index contributed by atoms with van der Waals surface area (Å²) in [5, 5.41) is 6.63. The lowest BCUT2D eigenvalue weighted by molar-refractivity contribution is 0.620. The molecular formula is C57H36N2O2. The number of fused-ring (bicyclic) bond motifs is 7. The van der Waals surface area contributed by atoms with E-state index in [0.717, 1.165) is 88.3 Å². The molecule has 10 aromatic carbocycles. The monoisotopic (exact) mass is 780 g/mol. The molecule has 0 N–H and O–H groups in total. The Kier molecular flexibility index (Phi) is 8.13. The zero-order valence-electron chi connectivity index (χ0n) is 33.0. The maximum Gasteiger partial charge on any atom is 0.227 e. The van der Waals surface area contributed by atoms with E-state index in [2.05, 4.69) is 199 Å². The first-order valence-electron chi connectivity index (χ1n) is 20.6. The van der Waals surface area contributed by atoms with Crippen LogP contribution in [0.3, 0.4) is 0 Å². The summed E-state index contributed by atoms with van der Waals surface area (Å²) >= 11 is 0. The molecule has 12 aromatic rings. The molecule has 0 saturated carbocycles. The molecule has 0 amide bonds. The number of anilines is 3. The van der Waals surface area contributed by atoms with E-state index >= 15 is 0 Å². The number of oxazole rings is 1. The highest BCUT2D eigenvalue weighted by molar-refractivity contribution is 6.26. The number of rotatable bonds is 7. The maximum absolute atomic E-state index is 6.93. The lowest BCUT2D eigenvalue weighted by atomic mass is 9.91. The molecule has 0 aliphatic rings. The number of hydrogen-bond donors (Lipinski definition) is 0.